The van der Waals surface area contributed by atoms with Gasteiger partial charge in [-0.15, -0.1) is 0 Å². The maximum atomic E-state index is 12.9. The van der Waals surface area contributed by atoms with E-state index in [0.717, 1.165) is 0 Å². The molecule has 0 N–H and O–H groups in total. The summed E-state index contributed by atoms with van der Waals surface area (Å²) in [4.78, 5) is 10.4. The number of halogens is 6. The van der Waals surface area contributed by atoms with E-state index < -0.39 is 37.3 Å². The Hall–Kier alpha value is -1.41. The first kappa shape index (κ1) is 14.6. The third kappa shape index (κ3) is 4.89. The second-order valence-corrected chi connectivity index (χ2v) is 2.52. The van der Waals surface area contributed by atoms with Crippen LogP contribution in [-0.2, 0) is 9.47 Å². The topological polar surface area (TPSA) is 35.5 Å². The van der Waals surface area contributed by atoms with Gasteiger partial charge in [0, 0.05) is 0 Å². The van der Waals surface area contributed by atoms with E-state index in [1.165, 1.54) is 0 Å². The Morgan fingerprint density at radius 2 is 1.75 bits per heavy atom. The average Bonchev–Trinajstić information content (AvgIpc) is 2.13. The predicted octanol–water partition coefficient (Wildman–Crippen LogP) is 2.82. The number of hydrogen-bond acceptors (Lipinski definition) is 3. The molecule has 0 bridgehead atoms. The SMILES string of the molecule is C=C(F)C(F)(CF)OC(=O)OCC(F)(F)F. The third-order valence-electron chi connectivity index (χ3n) is 1.18. The lowest BCUT2D eigenvalue weighted by atomic mass is 10.3. The van der Waals surface area contributed by atoms with Crippen molar-refractivity contribution in [1.82, 2.24) is 0 Å². The first-order chi connectivity index (χ1) is 7.10. The highest BCUT2D eigenvalue weighted by Gasteiger charge is 2.40. The molecule has 1 atom stereocenters. The minimum absolute atomic E-state index is 2.00. The van der Waals surface area contributed by atoms with Crippen LogP contribution >= 0.6 is 0 Å². The summed E-state index contributed by atoms with van der Waals surface area (Å²) in [5.74, 6) is -5.83. The summed E-state index contributed by atoms with van der Waals surface area (Å²) in [6.45, 7) is -1.87. The third-order valence-corrected chi connectivity index (χ3v) is 1.18. The number of hydrogen-bond donors (Lipinski definition) is 0. The Kier molecular flexibility index (Phi) is 4.63. The number of ether oxygens (including phenoxy) is 2. The standard InChI is InChI=1S/C7H6F6O3/c1-4(9)6(10,2-8)16-5(14)15-3-7(11,12)13/h1-3H2. The van der Waals surface area contributed by atoms with Gasteiger partial charge in [0.25, 0.3) is 0 Å². The van der Waals surface area contributed by atoms with Gasteiger partial charge in [0.15, 0.2) is 19.1 Å². The van der Waals surface area contributed by atoms with Gasteiger partial charge in [-0.3, -0.25) is 0 Å². The van der Waals surface area contributed by atoms with Gasteiger partial charge in [-0.05, 0) is 0 Å². The predicted molar refractivity (Wildman–Crippen MR) is 38.6 cm³/mol. The van der Waals surface area contributed by atoms with Crippen molar-refractivity contribution in [3.8, 4) is 0 Å². The summed E-state index contributed by atoms with van der Waals surface area (Å²) < 4.78 is 78.2. The van der Waals surface area contributed by atoms with E-state index in [2.05, 4.69) is 16.1 Å². The smallest absolute Gasteiger partial charge is 0.425 e. The molecule has 3 nitrogen and oxygen atoms in total. The second-order valence-electron chi connectivity index (χ2n) is 2.52. The van der Waals surface area contributed by atoms with Crippen molar-refractivity contribution in [3.05, 3.63) is 12.4 Å². The molecule has 0 saturated heterocycles. The lowest BCUT2D eigenvalue weighted by Gasteiger charge is -2.19. The maximum absolute atomic E-state index is 12.9. The van der Waals surface area contributed by atoms with Crippen LogP contribution in [0.1, 0.15) is 0 Å². The van der Waals surface area contributed by atoms with E-state index >= 15 is 0 Å². The Bertz CT molecular complexity index is 276. The summed E-state index contributed by atoms with van der Waals surface area (Å²) in [7, 11) is 0. The molecule has 0 aliphatic carbocycles. The molecular formula is C7H6F6O3. The molecule has 0 aromatic carbocycles. The molecular weight excluding hydrogens is 246 g/mol. The van der Waals surface area contributed by atoms with Gasteiger partial charge in [-0.1, -0.05) is 6.58 Å². The largest absolute Gasteiger partial charge is 0.511 e. The molecule has 9 heteroatoms. The molecule has 0 aliphatic rings. The molecule has 94 valence electrons. The summed E-state index contributed by atoms with van der Waals surface area (Å²) in [5.41, 5.74) is 0. The van der Waals surface area contributed by atoms with Crippen LogP contribution in [0.25, 0.3) is 0 Å². The van der Waals surface area contributed by atoms with Crippen LogP contribution in [0.15, 0.2) is 12.4 Å². The molecule has 1 unspecified atom stereocenters. The Labute approximate surface area is 85.6 Å². The van der Waals surface area contributed by atoms with Gasteiger partial charge in [-0.2, -0.15) is 17.6 Å². The van der Waals surface area contributed by atoms with Crippen molar-refractivity contribution in [2.45, 2.75) is 12.0 Å². The lowest BCUT2D eigenvalue weighted by molar-refractivity contribution is -0.178. The summed E-state index contributed by atoms with van der Waals surface area (Å²) >= 11 is 0. The highest BCUT2D eigenvalue weighted by atomic mass is 19.4. The van der Waals surface area contributed by atoms with Crippen LogP contribution in [0.5, 0.6) is 0 Å². The molecule has 0 heterocycles. The van der Waals surface area contributed by atoms with E-state index in [0.29, 0.717) is 0 Å². The average molecular weight is 252 g/mol. The zero-order valence-corrected chi connectivity index (χ0v) is 7.61. The molecule has 0 aromatic heterocycles. The molecule has 0 aromatic rings. The normalized spacial score (nSPS) is 15.1. The van der Waals surface area contributed by atoms with Gasteiger partial charge in [-0.25, -0.2) is 13.6 Å². The Morgan fingerprint density at radius 1 is 1.25 bits per heavy atom. The molecule has 0 amide bonds. The highest BCUT2D eigenvalue weighted by Crippen LogP contribution is 2.25. The zero-order chi connectivity index (χ0) is 13.0. The fourth-order valence-electron chi connectivity index (χ4n) is 0.457. The van der Waals surface area contributed by atoms with E-state index in [1.54, 1.807) is 0 Å². The van der Waals surface area contributed by atoms with Crippen molar-refractivity contribution in [2.75, 3.05) is 13.3 Å². The van der Waals surface area contributed by atoms with Crippen molar-refractivity contribution in [1.29, 1.82) is 0 Å². The van der Waals surface area contributed by atoms with Crippen molar-refractivity contribution in [2.24, 2.45) is 0 Å². The Balaban J connectivity index is 4.28. The molecule has 0 fully saturated rings. The number of carbonyl (C=O) groups excluding carboxylic acids is 1. The van der Waals surface area contributed by atoms with Crippen LogP contribution < -0.4 is 0 Å². The molecule has 0 rings (SSSR count). The number of carbonyl (C=O) groups is 1. The van der Waals surface area contributed by atoms with Crippen LogP contribution in [-0.4, -0.2) is 31.5 Å². The first-order valence-corrected chi connectivity index (χ1v) is 3.63. The zero-order valence-electron chi connectivity index (χ0n) is 7.61. The fraction of sp³-hybridized carbons (Fsp3) is 0.571. The summed E-state index contributed by atoms with van der Waals surface area (Å²) in [5, 5.41) is 0. The van der Waals surface area contributed by atoms with Gasteiger partial charge in [0.1, 0.15) is 0 Å². The van der Waals surface area contributed by atoms with Gasteiger partial charge >= 0.3 is 18.2 Å². The molecule has 0 saturated carbocycles. The van der Waals surface area contributed by atoms with Crippen LogP contribution in [0, 0.1) is 0 Å². The Morgan fingerprint density at radius 3 is 2.06 bits per heavy atom. The maximum Gasteiger partial charge on any atom is 0.511 e. The van der Waals surface area contributed by atoms with Crippen LogP contribution in [0.4, 0.5) is 31.1 Å². The van der Waals surface area contributed by atoms with Crippen LogP contribution in [0.3, 0.4) is 0 Å². The summed E-state index contributed by atoms with van der Waals surface area (Å²) in [6, 6.07) is 0. The monoisotopic (exact) mass is 252 g/mol. The second kappa shape index (κ2) is 5.08. The van der Waals surface area contributed by atoms with E-state index in [-0.39, 0.29) is 0 Å². The van der Waals surface area contributed by atoms with Crippen molar-refractivity contribution >= 4 is 6.16 Å². The minimum atomic E-state index is -4.86. The molecule has 0 aliphatic heterocycles. The fourth-order valence-corrected chi connectivity index (χ4v) is 0.457. The number of alkyl halides is 5. The lowest BCUT2D eigenvalue weighted by Crippen LogP contribution is -2.34. The van der Waals surface area contributed by atoms with E-state index in [9.17, 15) is 31.1 Å². The van der Waals surface area contributed by atoms with Gasteiger partial charge in [0.2, 0.25) is 0 Å². The van der Waals surface area contributed by atoms with Gasteiger partial charge < -0.3 is 9.47 Å². The van der Waals surface area contributed by atoms with Crippen molar-refractivity contribution < 1.29 is 40.6 Å². The van der Waals surface area contributed by atoms with Crippen molar-refractivity contribution in [3.63, 3.8) is 0 Å². The summed E-state index contributed by atoms with van der Waals surface area (Å²) in [6.07, 6.45) is -7.06. The van der Waals surface area contributed by atoms with E-state index in [1.807, 2.05) is 0 Å². The minimum Gasteiger partial charge on any atom is -0.425 e. The quantitative estimate of drug-likeness (QED) is 0.570. The van der Waals surface area contributed by atoms with E-state index in [4.69, 9.17) is 0 Å². The van der Waals surface area contributed by atoms with Gasteiger partial charge in [0.05, 0.1) is 0 Å². The first-order valence-electron chi connectivity index (χ1n) is 3.63. The number of rotatable bonds is 4. The van der Waals surface area contributed by atoms with Crippen LogP contribution in [0.2, 0.25) is 0 Å². The molecule has 0 spiro atoms. The molecule has 0 radical (unpaired) electrons. The highest BCUT2D eigenvalue weighted by molar-refractivity contribution is 5.60. The molecule has 16 heavy (non-hydrogen) atoms.